The predicted octanol–water partition coefficient (Wildman–Crippen LogP) is 2.94. The number of rotatable bonds is 5. The second-order valence-corrected chi connectivity index (χ2v) is 5.06. The van der Waals surface area contributed by atoms with Crippen LogP contribution in [-0.4, -0.2) is 29.7 Å². The Bertz CT molecular complexity index is 780. The Morgan fingerprint density at radius 3 is 2.91 bits per heavy atom. The first-order chi connectivity index (χ1) is 11.2. The molecule has 2 aromatic carbocycles. The summed E-state index contributed by atoms with van der Waals surface area (Å²) >= 11 is 0. The number of ether oxygens (including phenoxy) is 1. The van der Waals surface area contributed by atoms with Gasteiger partial charge in [0.25, 0.3) is 0 Å². The third kappa shape index (κ3) is 3.79. The number of hydrogen-bond acceptors (Lipinski definition) is 3. The van der Waals surface area contributed by atoms with Crippen molar-refractivity contribution in [2.45, 2.75) is 6.42 Å². The Hall–Kier alpha value is -3.02. The maximum atomic E-state index is 11.9. The minimum Gasteiger partial charge on any atom is -0.497 e. The minimum absolute atomic E-state index is 0.255. The zero-order valence-corrected chi connectivity index (χ0v) is 12.8. The molecule has 3 aromatic rings. The molecule has 0 saturated heterocycles. The van der Waals surface area contributed by atoms with E-state index in [-0.39, 0.29) is 6.03 Å². The molecule has 6 heteroatoms. The highest BCUT2D eigenvalue weighted by atomic mass is 16.5. The third-order valence-electron chi connectivity index (χ3n) is 3.41. The number of aromatic amines is 1. The summed E-state index contributed by atoms with van der Waals surface area (Å²) in [4.78, 5) is 19.6. The number of aromatic nitrogens is 2. The Labute approximate surface area is 133 Å². The molecule has 0 unspecified atom stereocenters. The molecule has 0 fully saturated rings. The summed E-state index contributed by atoms with van der Waals surface area (Å²) in [6.07, 6.45) is 0.639. The van der Waals surface area contributed by atoms with Gasteiger partial charge in [0.15, 0.2) is 0 Å². The molecule has 0 aliphatic heterocycles. The van der Waals surface area contributed by atoms with Gasteiger partial charge in [-0.15, -0.1) is 0 Å². The Balaban J connectivity index is 1.50. The number of carbonyl (C=O) groups is 1. The van der Waals surface area contributed by atoms with Crippen molar-refractivity contribution in [2.75, 3.05) is 19.0 Å². The molecule has 0 atom stereocenters. The molecule has 3 rings (SSSR count). The van der Waals surface area contributed by atoms with Crippen molar-refractivity contribution in [3.8, 4) is 5.75 Å². The number of benzene rings is 2. The van der Waals surface area contributed by atoms with E-state index in [2.05, 4.69) is 20.6 Å². The smallest absolute Gasteiger partial charge is 0.319 e. The van der Waals surface area contributed by atoms with Gasteiger partial charge in [0.2, 0.25) is 0 Å². The second-order valence-electron chi connectivity index (χ2n) is 5.06. The van der Waals surface area contributed by atoms with Gasteiger partial charge in [-0.2, -0.15) is 0 Å². The SMILES string of the molecule is COc1cccc(NC(=O)NCCc2nc3ccccc3[nH]2)c1. The van der Waals surface area contributed by atoms with E-state index in [9.17, 15) is 4.79 Å². The zero-order valence-electron chi connectivity index (χ0n) is 12.8. The average molecular weight is 310 g/mol. The van der Waals surface area contributed by atoms with Crippen LogP contribution in [0.1, 0.15) is 5.82 Å². The quantitative estimate of drug-likeness (QED) is 0.678. The molecule has 0 spiro atoms. The molecule has 0 aliphatic rings. The Kier molecular flexibility index (Phi) is 4.42. The van der Waals surface area contributed by atoms with Crippen LogP contribution in [0.25, 0.3) is 11.0 Å². The fourth-order valence-corrected chi connectivity index (χ4v) is 2.29. The first-order valence-corrected chi connectivity index (χ1v) is 7.37. The van der Waals surface area contributed by atoms with E-state index in [0.717, 1.165) is 16.9 Å². The molecular weight excluding hydrogens is 292 g/mol. The summed E-state index contributed by atoms with van der Waals surface area (Å²) < 4.78 is 5.12. The van der Waals surface area contributed by atoms with Crippen LogP contribution in [0.5, 0.6) is 5.75 Å². The van der Waals surface area contributed by atoms with E-state index in [1.54, 1.807) is 19.2 Å². The lowest BCUT2D eigenvalue weighted by Gasteiger charge is -2.08. The zero-order chi connectivity index (χ0) is 16.1. The summed E-state index contributed by atoms with van der Waals surface area (Å²) in [5.41, 5.74) is 2.62. The van der Waals surface area contributed by atoms with Gasteiger partial charge in [0.05, 0.1) is 18.1 Å². The maximum Gasteiger partial charge on any atom is 0.319 e. The molecule has 0 aliphatic carbocycles. The molecule has 23 heavy (non-hydrogen) atoms. The van der Waals surface area contributed by atoms with Gasteiger partial charge < -0.3 is 20.4 Å². The number of imidazole rings is 1. The topological polar surface area (TPSA) is 79.0 Å². The second kappa shape index (κ2) is 6.83. The van der Waals surface area contributed by atoms with Gasteiger partial charge in [-0.05, 0) is 24.3 Å². The molecule has 2 amide bonds. The van der Waals surface area contributed by atoms with E-state index in [4.69, 9.17) is 4.74 Å². The fraction of sp³-hybridized carbons (Fsp3) is 0.176. The van der Waals surface area contributed by atoms with Crippen LogP contribution in [-0.2, 0) is 6.42 Å². The molecule has 0 radical (unpaired) electrons. The van der Waals surface area contributed by atoms with Crippen molar-refractivity contribution >= 4 is 22.8 Å². The van der Waals surface area contributed by atoms with E-state index >= 15 is 0 Å². The van der Waals surface area contributed by atoms with Crippen LogP contribution < -0.4 is 15.4 Å². The van der Waals surface area contributed by atoms with Crippen LogP contribution in [0.3, 0.4) is 0 Å². The normalized spacial score (nSPS) is 10.5. The standard InChI is InChI=1S/C17H18N4O2/c1-23-13-6-4-5-12(11-13)19-17(22)18-10-9-16-20-14-7-2-3-8-15(14)21-16/h2-8,11H,9-10H2,1H3,(H,20,21)(H2,18,19,22). The van der Waals surface area contributed by atoms with E-state index < -0.39 is 0 Å². The number of fused-ring (bicyclic) bond motifs is 1. The number of methoxy groups -OCH3 is 1. The van der Waals surface area contributed by atoms with Crippen LogP contribution in [0, 0.1) is 0 Å². The molecule has 0 bridgehead atoms. The van der Waals surface area contributed by atoms with Crippen LogP contribution in [0.4, 0.5) is 10.5 Å². The number of hydrogen-bond donors (Lipinski definition) is 3. The van der Waals surface area contributed by atoms with Gasteiger partial charge in [-0.3, -0.25) is 0 Å². The summed E-state index contributed by atoms with van der Waals surface area (Å²) in [6, 6.07) is 14.8. The molecule has 1 aromatic heterocycles. The number of para-hydroxylation sites is 2. The number of amides is 2. The average Bonchev–Trinajstić information content (AvgIpc) is 2.97. The predicted molar refractivity (Wildman–Crippen MR) is 89.8 cm³/mol. The van der Waals surface area contributed by atoms with Crippen LogP contribution in [0.15, 0.2) is 48.5 Å². The molecule has 3 N–H and O–H groups in total. The van der Waals surface area contributed by atoms with Gasteiger partial charge in [0, 0.05) is 24.7 Å². The summed E-state index contributed by atoms with van der Waals surface area (Å²) in [5, 5.41) is 5.58. The first-order valence-electron chi connectivity index (χ1n) is 7.37. The lowest BCUT2D eigenvalue weighted by Crippen LogP contribution is -2.30. The van der Waals surface area contributed by atoms with Crippen LogP contribution >= 0.6 is 0 Å². The summed E-state index contributed by atoms with van der Waals surface area (Å²) in [5.74, 6) is 1.55. The van der Waals surface area contributed by atoms with E-state index in [0.29, 0.717) is 24.4 Å². The monoisotopic (exact) mass is 310 g/mol. The summed E-state index contributed by atoms with van der Waals surface area (Å²) in [7, 11) is 1.59. The number of urea groups is 1. The first kappa shape index (κ1) is 14.9. The van der Waals surface area contributed by atoms with Crippen molar-refractivity contribution in [1.29, 1.82) is 0 Å². The van der Waals surface area contributed by atoms with E-state index in [1.807, 2.05) is 36.4 Å². The largest absolute Gasteiger partial charge is 0.497 e. The number of carbonyl (C=O) groups excluding carboxylic acids is 1. The molecule has 0 saturated carbocycles. The van der Waals surface area contributed by atoms with Gasteiger partial charge >= 0.3 is 6.03 Å². The maximum absolute atomic E-state index is 11.9. The molecule has 6 nitrogen and oxygen atoms in total. The fourth-order valence-electron chi connectivity index (χ4n) is 2.29. The van der Waals surface area contributed by atoms with Gasteiger partial charge in [0.1, 0.15) is 11.6 Å². The third-order valence-corrected chi connectivity index (χ3v) is 3.41. The van der Waals surface area contributed by atoms with Crippen molar-refractivity contribution in [2.24, 2.45) is 0 Å². The van der Waals surface area contributed by atoms with Gasteiger partial charge in [-0.25, -0.2) is 9.78 Å². The lowest BCUT2D eigenvalue weighted by molar-refractivity contribution is 0.252. The highest BCUT2D eigenvalue weighted by Crippen LogP contribution is 2.16. The number of nitrogens with zero attached hydrogens (tertiary/aromatic N) is 1. The highest BCUT2D eigenvalue weighted by Gasteiger charge is 2.05. The van der Waals surface area contributed by atoms with Crippen molar-refractivity contribution in [3.63, 3.8) is 0 Å². The number of anilines is 1. The Morgan fingerprint density at radius 1 is 1.22 bits per heavy atom. The number of H-pyrrole nitrogens is 1. The Morgan fingerprint density at radius 2 is 2.09 bits per heavy atom. The minimum atomic E-state index is -0.255. The van der Waals surface area contributed by atoms with Crippen molar-refractivity contribution in [3.05, 3.63) is 54.4 Å². The molecule has 118 valence electrons. The van der Waals surface area contributed by atoms with E-state index in [1.165, 1.54) is 0 Å². The van der Waals surface area contributed by atoms with Crippen molar-refractivity contribution < 1.29 is 9.53 Å². The highest BCUT2D eigenvalue weighted by molar-refractivity contribution is 5.89. The molecule has 1 heterocycles. The van der Waals surface area contributed by atoms with Gasteiger partial charge in [-0.1, -0.05) is 18.2 Å². The van der Waals surface area contributed by atoms with Crippen molar-refractivity contribution in [1.82, 2.24) is 15.3 Å². The number of nitrogens with one attached hydrogen (secondary N) is 3. The van der Waals surface area contributed by atoms with Crippen LogP contribution in [0.2, 0.25) is 0 Å². The molecular formula is C17H18N4O2. The summed E-state index contributed by atoms with van der Waals surface area (Å²) in [6.45, 7) is 0.496. The lowest BCUT2D eigenvalue weighted by atomic mass is 10.3.